The van der Waals surface area contributed by atoms with Gasteiger partial charge in [0.2, 0.25) is 0 Å². The molecule has 20 heavy (non-hydrogen) atoms. The molecule has 3 aromatic rings. The second kappa shape index (κ2) is 5.17. The molecule has 2 aromatic carbocycles. The summed E-state index contributed by atoms with van der Waals surface area (Å²) in [5.41, 5.74) is 2.97. The first-order valence-corrected chi connectivity index (χ1v) is 6.40. The van der Waals surface area contributed by atoms with Crippen LogP contribution in [0.1, 0.15) is 11.6 Å². The Kier molecular flexibility index (Phi) is 3.21. The maximum Gasteiger partial charge on any atom is 0.118 e. The number of fused-ring (bicyclic) bond motifs is 1. The number of rotatable bonds is 4. The van der Waals surface area contributed by atoms with Gasteiger partial charge in [-0.1, -0.05) is 35.6 Å². The van der Waals surface area contributed by atoms with E-state index >= 15 is 0 Å². The van der Waals surface area contributed by atoms with Crippen molar-refractivity contribution in [3.63, 3.8) is 0 Å². The number of ether oxygens (including phenoxy) is 1. The number of nitrogens with zero attached hydrogens (tertiary/aromatic N) is 3. The van der Waals surface area contributed by atoms with Crippen molar-refractivity contribution >= 4 is 11.0 Å². The van der Waals surface area contributed by atoms with E-state index < -0.39 is 0 Å². The number of hydrogen-bond acceptors (Lipinski definition) is 3. The van der Waals surface area contributed by atoms with Crippen LogP contribution in [0.3, 0.4) is 0 Å². The lowest BCUT2D eigenvalue weighted by atomic mass is 10.1. The van der Waals surface area contributed by atoms with Crippen molar-refractivity contribution in [2.45, 2.75) is 6.04 Å². The molecule has 0 N–H and O–H groups in total. The van der Waals surface area contributed by atoms with Gasteiger partial charge in [0.1, 0.15) is 11.3 Å². The molecule has 0 amide bonds. The van der Waals surface area contributed by atoms with Gasteiger partial charge in [-0.15, -0.1) is 11.7 Å². The third-order valence-electron chi connectivity index (χ3n) is 3.32. The zero-order valence-corrected chi connectivity index (χ0v) is 11.2. The average molecular weight is 265 g/mol. The predicted octanol–water partition coefficient (Wildman–Crippen LogP) is 3.22. The number of aromatic nitrogens is 3. The summed E-state index contributed by atoms with van der Waals surface area (Å²) in [5.74, 6) is 0.833. The van der Waals surface area contributed by atoms with Crippen molar-refractivity contribution in [1.82, 2.24) is 15.0 Å². The molecule has 1 heterocycles. The quantitative estimate of drug-likeness (QED) is 0.680. The summed E-state index contributed by atoms with van der Waals surface area (Å²) in [6.07, 6.45) is 1.86. The van der Waals surface area contributed by atoms with Gasteiger partial charge in [-0.25, -0.2) is 4.68 Å². The summed E-state index contributed by atoms with van der Waals surface area (Å²) in [7, 11) is 1.66. The SMILES string of the molecule is C=CC(c1ccc(OC)cc1)n1nnc2ccccc21. The molecule has 0 aliphatic rings. The van der Waals surface area contributed by atoms with Gasteiger partial charge in [0.15, 0.2) is 0 Å². The lowest BCUT2D eigenvalue weighted by molar-refractivity contribution is 0.414. The van der Waals surface area contributed by atoms with E-state index in [-0.39, 0.29) is 6.04 Å². The molecule has 4 heteroatoms. The lowest BCUT2D eigenvalue weighted by Crippen LogP contribution is -2.09. The molecule has 100 valence electrons. The molecule has 0 saturated carbocycles. The van der Waals surface area contributed by atoms with Crippen molar-refractivity contribution in [1.29, 1.82) is 0 Å². The number of para-hydroxylation sites is 1. The van der Waals surface area contributed by atoms with E-state index in [2.05, 4.69) is 16.9 Å². The van der Waals surface area contributed by atoms with Gasteiger partial charge in [0.05, 0.1) is 18.7 Å². The van der Waals surface area contributed by atoms with Crippen LogP contribution in [0.4, 0.5) is 0 Å². The lowest BCUT2D eigenvalue weighted by Gasteiger charge is -2.14. The Balaban J connectivity index is 2.06. The third kappa shape index (κ3) is 2.05. The second-order valence-corrected chi connectivity index (χ2v) is 4.48. The molecule has 1 atom stereocenters. The zero-order valence-electron chi connectivity index (χ0n) is 11.2. The molecule has 0 fully saturated rings. The largest absolute Gasteiger partial charge is 0.497 e. The molecule has 0 radical (unpaired) electrons. The molecule has 3 rings (SSSR count). The fourth-order valence-electron chi connectivity index (χ4n) is 2.27. The maximum absolute atomic E-state index is 5.18. The van der Waals surface area contributed by atoms with Crippen molar-refractivity contribution in [2.75, 3.05) is 7.11 Å². The topological polar surface area (TPSA) is 39.9 Å². The molecule has 1 aromatic heterocycles. The Hall–Kier alpha value is -2.62. The van der Waals surface area contributed by atoms with Crippen LogP contribution in [0, 0.1) is 0 Å². The molecular weight excluding hydrogens is 250 g/mol. The summed E-state index contributed by atoms with van der Waals surface area (Å²) < 4.78 is 7.06. The second-order valence-electron chi connectivity index (χ2n) is 4.48. The fourth-order valence-corrected chi connectivity index (χ4v) is 2.27. The minimum Gasteiger partial charge on any atom is -0.497 e. The van der Waals surface area contributed by atoms with Crippen LogP contribution in [-0.2, 0) is 0 Å². The number of hydrogen-bond donors (Lipinski definition) is 0. The van der Waals surface area contributed by atoms with E-state index in [1.54, 1.807) is 7.11 Å². The fraction of sp³-hybridized carbons (Fsp3) is 0.125. The van der Waals surface area contributed by atoms with E-state index in [1.165, 1.54) is 0 Å². The van der Waals surface area contributed by atoms with E-state index in [1.807, 2.05) is 59.3 Å². The standard InChI is InChI=1S/C16H15N3O/c1-3-15(12-8-10-13(20-2)11-9-12)19-16-7-5-4-6-14(16)17-18-19/h3-11,15H,1H2,2H3. The summed E-state index contributed by atoms with van der Waals surface area (Å²) >= 11 is 0. The highest BCUT2D eigenvalue weighted by atomic mass is 16.5. The molecular formula is C16H15N3O. The first-order chi connectivity index (χ1) is 9.83. The molecule has 0 bridgehead atoms. The minimum atomic E-state index is -0.0479. The summed E-state index contributed by atoms with van der Waals surface area (Å²) in [6.45, 7) is 3.92. The predicted molar refractivity (Wildman–Crippen MR) is 78.9 cm³/mol. The average Bonchev–Trinajstić information content (AvgIpc) is 2.93. The van der Waals surface area contributed by atoms with Crippen LogP contribution >= 0.6 is 0 Å². The minimum absolute atomic E-state index is 0.0479. The van der Waals surface area contributed by atoms with Gasteiger partial charge >= 0.3 is 0 Å². The molecule has 4 nitrogen and oxygen atoms in total. The number of methoxy groups -OCH3 is 1. The first-order valence-electron chi connectivity index (χ1n) is 6.40. The smallest absolute Gasteiger partial charge is 0.118 e. The molecule has 0 aliphatic heterocycles. The van der Waals surface area contributed by atoms with Crippen molar-refractivity contribution < 1.29 is 4.74 Å². The Labute approximate surface area is 117 Å². The van der Waals surface area contributed by atoms with Gasteiger partial charge in [-0.05, 0) is 29.8 Å². The van der Waals surface area contributed by atoms with Gasteiger partial charge in [0.25, 0.3) is 0 Å². The summed E-state index contributed by atoms with van der Waals surface area (Å²) in [5, 5.41) is 8.44. The van der Waals surface area contributed by atoms with Gasteiger partial charge in [0, 0.05) is 0 Å². The summed E-state index contributed by atoms with van der Waals surface area (Å²) in [4.78, 5) is 0. The van der Waals surface area contributed by atoms with E-state index in [9.17, 15) is 0 Å². The van der Waals surface area contributed by atoms with Crippen molar-refractivity contribution in [2.24, 2.45) is 0 Å². The third-order valence-corrected chi connectivity index (χ3v) is 3.32. The van der Waals surface area contributed by atoms with Crippen LogP contribution in [0.25, 0.3) is 11.0 Å². The van der Waals surface area contributed by atoms with E-state index in [4.69, 9.17) is 4.74 Å². The molecule has 0 saturated heterocycles. The van der Waals surface area contributed by atoms with E-state index in [0.29, 0.717) is 0 Å². The maximum atomic E-state index is 5.18. The van der Waals surface area contributed by atoms with Gasteiger partial charge < -0.3 is 4.74 Å². The molecule has 1 unspecified atom stereocenters. The van der Waals surface area contributed by atoms with Crippen molar-refractivity contribution in [3.8, 4) is 5.75 Å². The van der Waals surface area contributed by atoms with Crippen molar-refractivity contribution in [3.05, 3.63) is 66.7 Å². The highest BCUT2D eigenvalue weighted by Crippen LogP contribution is 2.24. The van der Waals surface area contributed by atoms with Gasteiger partial charge in [-0.2, -0.15) is 0 Å². The number of allylic oxidation sites excluding steroid dienone is 1. The normalized spacial score (nSPS) is 12.2. The zero-order chi connectivity index (χ0) is 13.9. The summed E-state index contributed by atoms with van der Waals surface area (Å²) in [6, 6.07) is 15.8. The highest BCUT2D eigenvalue weighted by molar-refractivity contribution is 5.74. The first kappa shape index (κ1) is 12.4. The van der Waals surface area contributed by atoms with Crippen LogP contribution < -0.4 is 4.74 Å². The Morgan fingerprint density at radius 2 is 1.90 bits per heavy atom. The highest BCUT2D eigenvalue weighted by Gasteiger charge is 2.14. The Morgan fingerprint density at radius 1 is 1.15 bits per heavy atom. The number of benzene rings is 2. The monoisotopic (exact) mass is 265 g/mol. The molecule has 0 spiro atoms. The van der Waals surface area contributed by atoms with E-state index in [0.717, 1.165) is 22.3 Å². The van der Waals surface area contributed by atoms with Crippen LogP contribution in [-0.4, -0.2) is 22.1 Å². The van der Waals surface area contributed by atoms with Crippen LogP contribution in [0.5, 0.6) is 5.75 Å². The molecule has 0 aliphatic carbocycles. The van der Waals surface area contributed by atoms with Crippen LogP contribution in [0.15, 0.2) is 61.2 Å². The Bertz CT molecular complexity index is 731. The van der Waals surface area contributed by atoms with Gasteiger partial charge in [-0.3, -0.25) is 0 Å². The Morgan fingerprint density at radius 3 is 2.60 bits per heavy atom. The van der Waals surface area contributed by atoms with Crippen LogP contribution in [0.2, 0.25) is 0 Å².